The van der Waals surface area contributed by atoms with Crippen LogP contribution in [-0.2, 0) is 14.8 Å². The number of nitrogens with zero attached hydrogens (tertiary/aromatic N) is 3. The molecule has 0 spiro atoms. The molecule has 1 aliphatic carbocycles. The minimum atomic E-state index is -3.63. The van der Waals surface area contributed by atoms with Crippen LogP contribution in [-0.4, -0.2) is 62.9 Å². The Kier molecular flexibility index (Phi) is 7.11. The van der Waals surface area contributed by atoms with Gasteiger partial charge in [0.2, 0.25) is 15.9 Å². The second-order valence-corrected chi connectivity index (χ2v) is 9.46. The summed E-state index contributed by atoms with van der Waals surface area (Å²) in [7, 11) is -2.16. The van der Waals surface area contributed by atoms with Gasteiger partial charge in [0.25, 0.3) is 0 Å². The molecule has 0 radical (unpaired) electrons. The summed E-state index contributed by atoms with van der Waals surface area (Å²) >= 11 is 0. The molecule has 0 unspecified atom stereocenters. The van der Waals surface area contributed by atoms with Crippen molar-refractivity contribution in [3.63, 3.8) is 0 Å². The van der Waals surface area contributed by atoms with Crippen molar-refractivity contribution in [1.29, 1.82) is 5.26 Å². The van der Waals surface area contributed by atoms with Gasteiger partial charge in [-0.05, 0) is 43.9 Å². The molecule has 1 amide bonds. The van der Waals surface area contributed by atoms with E-state index in [-0.39, 0.29) is 29.9 Å². The number of carbonyl (C=O) groups excluding carboxylic acids is 1. The van der Waals surface area contributed by atoms with E-state index in [0.29, 0.717) is 24.5 Å². The third-order valence-corrected chi connectivity index (χ3v) is 7.23. The molecule has 2 fully saturated rings. The summed E-state index contributed by atoms with van der Waals surface area (Å²) in [5, 5.41) is 11.7. The fourth-order valence-corrected chi connectivity index (χ4v) is 5.14. The van der Waals surface area contributed by atoms with E-state index >= 15 is 0 Å². The molecule has 1 heterocycles. The molecular formula is C20H28N4O4S. The highest BCUT2D eigenvalue weighted by Crippen LogP contribution is 2.30. The topological polar surface area (TPSA) is 103 Å². The fourth-order valence-electron chi connectivity index (χ4n) is 3.60. The van der Waals surface area contributed by atoms with Gasteiger partial charge in [-0.1, -0.05) is 12.8 Å². The highest BCUT2D eigenvalue weighted by atomic mass is 32.2. The lowest BCUT2D eigenvalue weighted by Gasteiger charge is -2.21. The number of nitrogens with one attached hydrogen (secondary N) is 1. The number of amides is 1. The summed E-state index contributed by atoms with van der Waals surface area (Å²) in [6.07, 6.45) is 5.76. The van der Waals surface area contributed by atoms with Crippen LogP contribution in [0.4, 0.5) is 5.69 Å². The van der Waals surface area contributed by atoms with Gasteiger partial charge >= 0.3 is 0 Å². The number of rotatable bonds is 8. The summed E-state index contributed by atoms with van der Waals surface area (Å²) in [4.78, 5) is 14.5. The molecule has 158 valence electrons. The maximum absolute atomic E-state index is 13.1. The minimum Gasteiger partial charge on any atom is -0.495 e. The Morgan fingerprint density at radius 2 is 1.97 bits per heavy atom. The Labute approximate surface area is 172 Å². The molecule has 1 aromatic rings. The Hall–Kier alpha value is -2.15. The number of methoxy groups -OCH3 is 1. The summed E-state index contributed by atoms with van der Waals surface area (Å²) in [5.74, 6) is 0.0983. The van der Waals surface area contributed by atoms with Crippen molar-refractivity contribution in [2.24, 2.45) is 0 Å². The normalized spacial score (nSPS) is 18.1. The fraction of sp³-hybridized carbons (Fsp3) is 0.600. The average molecular weight is 421 g/mol. The monoisotopic (exact) mass is 420 g/mol. The van der Waals surface area contributed by atoms with E-state index in [1.54, 1.807) is 6.07 Å². The molecule has 9 heteroatoms. The Morgan fingerprint density at radius 3 is 2.55 bits per heavy atom. The van der Waals surface area contributed by atoms with Gasteiger partial charge in [-0.15, -0.1) is 0 Å². The van der Waals surface area contributed by atoms with E-state index in [9.17, 15) is 13.2 Å². The number of carbonyl (C=O) groups is 1. The van der Waals surface area contributed by atoms with Gasteiger partial charge in [0, 0.05) is 19.1 Å². The maximum atomic E-state index is 13.1. The van der Waals surface area contributed by atoms with Crippen LogP contribution in [0.2, 0.25) is 0 Å². The van der Waals surface area contributed by atoms with Crippen LogP contribution in [0.25, 0.3) is 0 Å². The average Bonchev–Trinajstić information content (AvgIpc) is 3.54. The molecule has 3 rings (SSSR count). The van der Waals surface area contributed by atoms with E-state index in [4.69, 9.17) is 10.00 Å². The SMILES string of the molecule is COc1ccc(S(=O)(=O)N2CCCCCC2)cc1NC(=O)CN(CC#N)C1CC1. The molecule has 29 heavy (non-hydrogen) atoms. The van der Waals surface area contributed by atoms with Crippen molar-refractivity contribution >= 4 is 21.6 Å². The van der Waals surface area contributed by atoms with Crippen LogP contribution in [0.15, 0.2) is 23.1 Å². The van der Waals surface area contributed by atoms with Crippen molar-refractivity contribution < 1.29 is 17.9 Å². The van der Waals surface area contributed by atoms with Gasteiger partial charge in [-0.2, -0.15) is 9.57 Å². The van der Waals surface area contributed by atoms with Crippen molar-refractivity contribution in [2.45, 2.75) is 49.5 Å². The second kappa shape index (κ2) is 9.57. The van der Waals surface area contributed by atoms with E-state index in [1.165, 1.54) is 23.5 Å². The Morgan fingerprint density at radius 1 is 1.28 bits per heavy atom. The quantitative estimate of drug-likeness (QED) is 0.647. The van der Waals surface area contributed by atoms with Gasteiger partial charge in [0.1, 0.15) is 5.75 Å². The molecule has 8 nitrogen and oxygen atoms in total. The zero-order valence-corrected chi connectivity index (χ0v) is 17.6. The molecule has 1 aliphatic heterocycles. The predicted octanol–water partition coefficient (Wildman–Crippen LogP) is 2.19. The molecule has 0 bridgehead atoms. The second-order valence-electron chi connectivity index (χ2n) is 7.52. The summed E-state index contributed by atoms with van der Waals surface area (Å²) < 4.78 is 33.0. The lowest BCUT2D eigenvalue weighted by molar-refractivity contribution is -0.117. The van der Waals surface area contributed by atoms with Crippen LogP contribution >= 0.6 is 0 Å². The number of benzene rings is 1. The molecule has 0 aromatic heterocycles. The largest absolute Gasteiger partial charge is 0.495 e. The number of hydrogen-bond donors (Lipinski definition) is 1. The van der Waals surface area contributed by atoms with Crippen LogP contribution in [0, 0.1) is 11.3 Å². The van der Waals surface area contributed by atoms with Crippen LogP contribution in [0.5, 0.6) is 5.75 Å². The van der Waals surface area contributed by atoms with Gasteiger partial charge < -0.3 is 10.1 Å². The van der Waals surface area contributed by atoms with E-state index in [2.05, 4.69) is 11.4 Å². The first-order valence-corrected chi connectivity index (χ1v) is 11.5. The molecule has 1 saturated heterocycles. The summed E-state index contributed by atoms with van der Waals surface area (Å²) in [6.45, 7) is 1.31. The Balaban J connectivity index is 1.77. The molecule has 1 N–H and O–H groups in total. The Bertz CT molecular complexity index is 869. The predicted molar refractivity (Wildman–Crippen MR) is 109 cm³/mol. The van der Waals surface area contributed by atoms with E-state index in [0.717, 1.165) is 38.5 Å². The molecule has 1 saturated carbocycles. The first kappa shape index (κ1) is 21.6. The zero-order valence-electron chi connectivity index (χ0n) is 16.8. The van der Waals surface area contributed by atoms with E-state index < -0.39 is 10.0 Å². The van der Waals surface area contributed by atoms with Crippen molar-refractivity contribution in [3.8, 4) is 11.8 Å². The molecular weight excluding hydrogens is 392 g/mol. The zero-order chi connectivity index (χ0) is 20.9. The minimum absolute atomic E-state index is 0.0878. The van der Waals surface area contributed by atoms with Crippen LogP contribution in [0.3, 0.4) is 0 Å². The standard InChI is InChI=1S/C20H28N4O4S/c1-28-19-9-8-17(29(26,27)24-11-4-2-3-5-12-24)14-18(19)22-20(25)15-23(13-10-21)16-6-7-16/h8-9,14,16H,2-7,11-13,15H2,1H3,(H,22,25). The van der Waals surface area contributed by atoms with Gasteiger partial charge in [0.05, 0.1) is 36.9 Å². The number of anilines is 1. The van der Waals surface area contributed by atoms with Gasteiger partial charge in [0.15, 0.2) is 0 Å². The third-order valence-electron chi connectivity index (χ3n) is 5.33. The van der Waals surface area contributed by atoms with Gasteiger partial charge in [-0.25, -0.2) is 8.42 Å². The molecule has 0 atom stereocenters. The van der Waals surface area contributed by atoms with E-state index in [1.807, 2.05) is 4.90 Å². The van der Waals surface area contributed by atoms with Gasteiger partial charge in [-0.3, -0.25) is 9.69 Å². The first-order chi connectivity index (χ1) is 14.0. The number of hydrogen-bond acceptors (Lipinski definition) is 6. The molecule has 1 aromatic carbocycles. The number of sulfonamides is 1. The highest BCUT2D eigenvalue weighted by Gasteiger charge is 2.30. The number of ether oxygens (including phenoxy) is 1. The third kappa shape index (κ3) is 5.47. The maximum Gasteiger partial charge on any atom is 0.243 e. The number of nitriles is 1. The smallest absolute Gasteiger partial charge is 0.243 e. The van der Waals surface area contributed by atoms with Crippen molar-refractivity contribution in [2.75, 3.05) is 38.6 Å². The van der Waals surface area contributed by atoms with Crippen LogP contribution in [0.1, 0.15) is 38.5 Å². The van der Waals surface area contributed by atoms with Crippen molar-refractivity contribution in [3.05, 3.63) is 18.2 Å². The summed E-state index contributed by atoms with van der Waals surface area (Å²) in [5.41, 5.74) is 0.320. The lowest BCUT2D eigenvalue weighted by atomic mass is 10.2. The first-order valence-electron chi connectivity index (χ1n) is 10.0. The van der Waals surface area contributed by atoms with Crippen LogP contribution < -0.4 is 10.1 Å². The van der Waals surface area contributed by atoms with Crippen molar-refractivity contribution in [1.82, 2.24) is 9.21 Å². The highest BCUT2D eigenvalue weighted by molar-refractivity contribution is 7.89. The summed E-state index contributed by atoms with van der Waals surface area (Å²) in [6, 6.07) is 6.90. The lowest BCUT2D eigenvalue weighted by Crippen LogP contribution is -2.35. The molecule has 2 aliphatic rings.